The van der Waals surface area contributed by atoms with Crippen molar-refractivity contribution in [3.8, 4) is 11.1 Å². The SMILES string of the molecule is CC(=O)Cc1ccc(-c2ccc(F)c(Cl)c2)cc1. The van der Waals surface area contributed by atoms with Gasteiger partial charge in [0.05, 0.1) is 5.02 Å². The minimum absolute atomic E-state index is 0.111. The molecule has 0 amide bonds. The molecule has 2 aromatic rings. The highest BCUT2D eigenvalue weighted by Crippen LogP contribution is 2.25. The highest BCUT2D eigenvalue weighted by molar-refractivity contribution is 6.31. The van der Waals surface area contributed by atoms with Crippen LogP contribution in [0.4, 0.5) is 4.39 Å². The van der Waals surface area contributed by atoms with Gasteiger partial charge in [0.15, 0.2) is 0 Å². The molecule has 0 saturated heterocycles. The fourth-order valence-electron chi connectivity index (χ4n) is 1.78. The molecular formula is C15H12ClFO. The van der Waals surface area contributed by atoms with Gasteiger partial charge >= 0.3 is 0 Å². The minimum Gasteiger partial charge on any atom is -0.300 e. The molecule has 0 heterocycles. The summed E-state index contributed by atoms with van der Waals surface area (Å²) in [6.45, 7) is 1.56. The lowest BCUT2D eigenvalue weighted by Crippen LogP contribution is -1.95. The Kier molecular flexibility index (Phi) is 3.78. The van der Waals surface area contributed by atoms with Crippen LogP contribution >= 0.6 is 11.6 Å². The Bertz CT molecular complexity index is 576. The number of benzene rings is 2. The molecule has 0 bridgehead atoms. The van der Waals surface area contributed by atoms with E-state index in [-0.39, 0.29) is 10.8 Å². The number of halogens is 2. The van der Waals surface area contributed by atoms with Crippen LogP contribution in [-0.4, -0.2) is 5.78 Å². The second-order valence-electron chi connectivity index (χ2n) is 4.20. The molecule has 18 heavy (non-hydrogen) atoms. The van der Waals surface area contributed by atoms with Gasteiger partial charge in [0.25, 0.3) is 0 Å². The Morgan fingerprint density at radius 3 is 2.28 bits per heavy atom. The Hall–Kier alpha value is -1.67. The van der Waals surface area contributed by atoms with E-state index in [9.17, 15) is 9.18 Å². The van der Waals surface area contributed by atoms with Crippen molar-refractivity contribution < 1.29 is 9.18 Å². The number of carbonyl (C=O) groups excluding carboxylic acids is 1. The van der Waals surface area contributed by atoms with Crippen LogP contribution in [-0.2, 0) is 11.2 Å². The molecule has 0 fully saturated rings. The van der Waals surface area contributed by atoms with Gasteiger partial charge in [0, 0.05) is 6.42 Å². The summed E-state index contributed by atoms with van der Waals surface area (Å²) in [4.78, 5) is 11.0. The molecule has 0 aliphatic rings. The highest BCUT2D eigenvalue weighted by atomic mass is 35.5. The summed E-state index contributed by atoms with van der Waals surface area (Å²) < 4.78 is 13.1. The lowest BCUT2D eigenvalue weighted by Gasteiger charge is -2.04. The third-order valence-corrected chi connectivity index (χ3v) is 2.95. The first-order chi connectivity index (χ1) is 8.56. The van der Waals surface area contributed by atoms with Crippen molar-refractivity contribution in [2.24, 2.45) is 0 Å². The summed E-state index contributed by atoms with van der Waals surface area (Å²) in [5.74, 6) is -0.291. The molecule has 2 rings (SSSR count). The van der Waals surface area contributed by atoms with Gasteiger partial charge in [-0.1, -0.05) is 41.9 Å². The zero-order valence-electron chi connectivity index (χ0n) is 9.91. The van der Waals surface area contributed by atoms with E-state index in [1.54, 1.807) is 19.1 Å². The van der Waals surface area contributed by atoms with E-state index in [1.807, 2.05) is 24.3 Å². The molecule has 1 nitrogen and oxygen atoms in total. The fourth-order valence-corrected chi connectivity index (χ4v) is 1.96. The summed E-state index contributed by atoms with van der Waals surface area (Å²) in [7, 11) is 0. The molecule has 0 N–H and O–H groups in total. The monoisotopic (exact) mass is 262 g/mol. The van der Waals surface area contributed by atoms with Crippen LogP contribution in [0.5, 0.6) is 0 Å². The van der Waals surface area contributed by atoms with Gasteiger partial charge < -0.3 is 0 Å². The van der Waals surface area contributed by atoms with E-state index in [1.165, 1.54) is 6.07 Å². The van der Waals surface area contributed by atoms with Crippen molar-refractivity contribution in [3.63, 3.8) is 0 Å². The quantitative estimate of drug-likeness (QED) is 0.807. The van der Waals surface area contributed by atoms with E-state index in [0.717, 1.165) is 16.7 Å². The van der Waals surface area contributed by atoms with Crippen LogP contribution in [0.3, 0.4) is 0 Å². The average molecular weight is 263 g/mol. The van der Waals surface area contributed by atoms with Gasteiger partial charge in [0.2, 0.25) is 0 Å². The van der Waals surface area contributed by atoms with Gasteiger partial charge in [0.1, 0.15) is 11.6 Å². The van der Waals surface area contributed by atoms with E-state index in [2.05, 4.69) is 0 Å². The first kappa shape index (κ1) is 12.8. The maximum absolute atomic E-state index is 13.1. The normalized spacial score (nSPS) is 10.4. The molecule has 0 aliphatic carbocycles. The molecule has 2 aromatic carbocycles. The molecular weight excluding hydrogens is 251 g/mol. The first-order valence-corrected chi connectivity index (χ1v) is 5.98. The predicted octanol–water partition coefficient (Wildman–Crippen LogP) is 4.28. The molecule has 0 radical (unpaired) electrons. The highest BCUT2D eigenvalue weighted by Gasteiger charge is 2.04. The molecule has 0 unspecified atom stereocenters. The van der Waals surface area contributed by atoms with Crippen molar-refractivity contribution in [3.05, 3.63) is 58.9 Å². The van der Waals surface area contributed by atoms with Crippen LogP contribution in [0, 0.1) is 5.82 Å². The summed E-state index contributed by atoms with van der Waals surface area (Å²) in [6.07, 6.45) is 0.435. The van der Waals surface area contributed by atoms with Gasteiger partial charge in [-0.05, 0) is 35.7 Å². The van der Waals surface area contributed by atoms with Crippen molar-refractivity contribution in [2.45, 2.75) is 13.3 Å². The van der Waals surface area contributed by atoms with Gasteiger partial charge in [-0.25, -0.2) is 4.39 Å². The van der Waals surface area contributed by atoms with Crippen LogP contribution in [0.2, 0.25) is 5.02 Å². The molecule has 3 heteroatoms. The second kappa shape index (κ2) is 5.32. The average Bonchev–Trinajstić information content (AvgIpc) is 2.33. The fraction of sp³-hybridized carbons (Fsp3) is 0.133. The van der Waals surface area contributed by atoms with E-state index in [0.29, 0.717) is 6.42 Å². The summed E-state index contributed by atoms with van der Waals surface area (Å²) in [6, 6.07) is 12.2. The standard InChI is InChI=1S/C15H12ClFO/c1-10(18)8-11-2-4-12(5-3-11)13-6-7-15(17)14(16)9-13/h2-7,9H,8H2,1H3. The van der Waals surface area contributed by atoms with Crippen molar-refractivity contribution >= 4 is 17.4 Å². The number of ketones is 1. The molecule has 0 aromatic heterocycles. The third kappa shape index (κ3) is 2.96. The van der Waals surface area contributed by atoms with Crippen LogP contribution in [0.25, 0.3) is 11.1 Å². The lowest BCUT2D eigenvalue weighted by molar-refractivity contribution is -0.116. The maximum atomic E-state index is 13.1. The van der Waals surface area contributed by atoms with Crippen LogP contribution in [0.1, 0.15) is 12.5 Å². The molecule has 0 saturated carbocycles. The summed E-state index contributed by atoms with van der Waals surface area (Å²) in [5.41, 5.74) is 2.78. The molecule has 0 spiro atoms. The van der Waals surface area contributed by atoms with Gasteiger partial charge in [-0.3, -0.25) is 4.79 Å². The number of rotatable bonds is 3. The van der Waals surface area contributed by atoms with Crippen LogP contribution in [0.15, 0.2) is 42.5 Å². The topological polar surface area (TPSA) is 17.1 Å². The first-order valence-electron chi connectivity index (χ1n) is 5.60. The van der Waals surface area contributed by atoms with Gasteiger partial charge in [-0.15, -0.1) is 0 Å². The van der Waals surface area contributed by atoms with Crippen molar-refractivity contribution in [2.75, 3.05) is 0 Å². The molecule has 0 atom stereocenters. The van der Waals surface area contributed by atoms with Crippen LogP contribution < -0.4 is 0 Å². The summed E-state index contributed by atoms with van der Waals surface area (Å²) >= 11 is 5.74. The maximum Gasteiger partial charge on any atom is 0.141 e. The minimum atomic E-state index is -0.423. The number of hydrogen-bond donors (Lipinski definition) is 0. The van der Waals surface area contributed by atoms with Crippen molar-refractivity contribution in [1.29, 1.82) is 0 Å². The number of hydrogen-bond acceptors (Lipinski definition) is 1. The zero-order valence-corrected chi connectivity index (χ0v) is 10.7. The Morgan fingerprint density at radius 2 is 1.72 bits per heavy atom. The molecule has 92 valence electrons. The molecule has 0 aliphatic heterocycles. The Labute approximate surface area is 110 Å². The summed E-state index contributed by atoms with van der Waals surface area (Å²) in [5, 5.41) is 0.111. The lowest BCUT2D eigenvalue weighted by atomic mass is 10.0. The Morgan fingerprint density at radius 1 is 1.11 bits per heavy atom. The van der Waals surface area contributed by atoms with E-state index < -0.39 is 5.82 Å². The third-order valence-electron chi connectivity index (χ3n) is 2.66. The van der Waals surface area contributed by atoms with E-state index in [4.69, 9.17) is 11.6 Å². The second-order valence-corrected chi connectivity index (χ2v) is 4.61. The predicted molar refractivity (Wildman–Crippen MR) is 71.2 cm³/mol. The smallest absolute Gasteiger partial charge is 0.141 e. The number of Topliss-reactive ketones (excluding diaryl/α,β-unsaturated/α-hetero) is 1. The van der Waals surface area contributed by atoms with Crippen molar-refractivity contribution in [1.82, 2.24) is 0 Å². The Balaban J connectivity index is 2.28. The van der Waals surface area contributed by atoms with E-state index >= 15 is 0 Å². The number of carbonyl (C=O) groups is 1. The zero-order chi connectivity index (χ0) is 13.1. The van der Waals surface area contributed by atoms with Gasteiger partial charge in [-0.2, -0.15) is 0 Å². The largest absolute Gasteiger partial charge is 0.300 e.